The molecule has 0 bridgehead atoms. The molecule has 2 fully saturated rings. The van der Waals surface area contributed by atoms with Crippen molar-refractivity contribution in [1.29, 1.82) is 0 Å². The van der Waals surface area contributed by atoms with Crippen molar-refractivity contribution in [3.63, 3.8) is 0 Å². The number of ether oxygens (including phenoxy) is 1. The van der Waals surface area contributed by atoms with Gasteiger partial charge in [-0.15, -0.1) is 0 Å². The molecule has 7 nitrogen and oxygen atoms in total. The zero-order valence-electron chi connectivity index (χ0n) is 17.2. The molecule has 0 atom stereocenters. The third kappa shape index (κ3) is 3.87. The molecule has 3 rings (SSSR count). The Kier molecular flexibility index (Phi) is 4.78. The summed E-state index contributed by atoms with van der Waals surface area (Å²) < 4.78 is 46.6. The lowest BCUT2D eigenvalue weighted by atomic mass is 9.75. The Morgan fingerprint density at radius 3 is 2.18 bits per heavy atom. The van der Waals surface area contributed by atoms with Crippen molar-refractivity contribution in [2.24, 2.45) is 5.41 Å². The zero-order chi connectivity index (χ0) is 21.1. The van der Waals surface area contributed by atoms with Crippen LogP contribution in [0.4, 0.5) is 9.18 Å². The Balaban J connectivity index is 1.64. The van der Waals surface area contributed by atoms with Gasteiger partial charge in [-0.3, -0.25) is 4.98 Å². The van der Waals surface area contributed by atoms with Gasteiger partial charge in [-0.2, -0.15) is 4.31 Å². The first-order valence-corrected chi connectivity index (χ1v) is 10.7. The molecule has 0 aliphatic carbocycles. The second kappa shape index (κ2) is 6.38. The number of hydrogen-bond acceptors (Lipinski definition) is 5. The monoisotopic (exact) mass is 413 g/mol. The fourth-order valence-electron chi connectivity index (χ4n) is 3.58. The van der Waals surface area contributed by atoms with Gasteiger partial charge in [0.25, 0.3) is 0 Å². The maximum atomic E-state index is 14.1. The Morgan fingerprint density at radius 1 is 1.14 bits per heavy atom. The molecule has 1 spiro atoms. The number of halogens is 1. The van der Waals surface area contributed by atoms with Crippen molar-refractivity contribution in [1.82, 2.24) is 14.2 Å². The van der Waals surface area contributed by atoms with Crippen LogP contribution >= 0.6 is 0 Å². The molecule has 1 aromatic heterocycles. The van der Waals surface area contributed by atoms with Crippen molar-refractivity contribution >= 4 is 16.1 Å². The minimum Gasteiger partial charge on any atom is -0.444 e. The molecule has 1 aromatic rings. The number of nitrogens with zero attached hydrogens (tertiary/aromatic N) is 3. The average Bonchev–Trinajstić information content (AvgIpc) is 2.40. The van der Waals surface area contributed by atoms with Crippen LogP contribution in [0.5, 0.6) is 0 Å². The fraction of sp³-hybridized carbons (Fsp3) is 0.684. The van der Waals surface area contributed by atoms with Crippen LogP contribution in [0.1, 0.15) is 46.0 Å². The highest BCUT2D eigenvalue weighted by Crippen LogP contribution is 2.43. The maximum Gasteiger partial charge on any atom is 0.410 e. The van der Waals surface area contributed by atoms with Crippen LogP contribution in [0, 0.1) is 12.3 Å². The molecule has 9 heteroatoms. The van der Waals surface area contributed by atoms with Crippen molar-refractivity contribution in [2.75, 3.05) is 26.2 Å². The van der Waals surface area contributed by atoms with Gasteiger partial charge < -0.3 is 9.64 Å². The zero-order valence-corrected chi connectivity index (χ0v) is 18.1. The quantitative estimate of drug-likeness (QED) is 0.761. The summed E-state index contributed by atoms with van der Waals surface area (Å²) >= 11 is 0. The topological polar surface area (TPSA) is 79.8 Å². The van der Waals surface area contributed by atoms with E-state index in [1.165, 1.54) is 30.3 Å². The first kappa shape index (κ1) is 21.0. The van der Waals surface area contributed by atoms with Gasteiger partial charge in [0.1, 0.15) is 16.2 Å². The molecule has 2 aliphatic rings. The molecule has 0 radical (unpaired) electrons. The normalized spacial score (nSPS) is 19.9. The predicted octanol–water partition coefficient (Wildman–Crippen LogP) is 2.84. The smallest absolute Gasteiger partial charge is 0.410 e. The summed E-state index contributed by atoms with van der Waals surface area (Å²) in [6.07, 6.45) is -0.371. The van der Waals surface area contributed by atoms with Gasteiger partial charge in [-0.1, -0.05) is 0 Å². The number of rotatable bonds is 3. The highest BCUT2D eigenvalue weighted by molar-refractivity contribution is 7.89. The molecule has 0 saturated carbocycles. The van der Waals surface area contributed by atoms with Gasteiger partial charge >= 0.3 is 6.09 Å². The SMILES string of the molecule is Cc1nc(C(C)(C)F)ccc1S(=O)(=O)N1CC2(CN(C(=O)OC(C)(C)C)C2)C1. The molecular weight excluding hydrogens is 385 g/mol. The van der Waals surface area contributed by atoms with E-state index in [1.54, 1.807) is 11.8 Å². The third-order valence-electron chi connectivity index (χ3n) is 4.99. The Labute approximate surface area is 165 Å². The maximum absolute atomic E-state index is 14.1. The van der Waals surface area contributed by atoms with E-state index in [0.717, 1.165) is 0 Å². The summed E-state index contributed by atoms with van der Waals surface area (Å²) in [7, 11) is -3.70. The molecular formula is C19H28FN3O4S. The number of aromatic nitrogens is 1. The predicted molar refractivity (Wildman–Crippen MR) is 102 cm³/mol. The van der Waals surface area contributed by atoms with Crippen LogP contribution in [0.25, 0.3) is 0 Å². The summed E-state index contributed by atoms with van der Waals surface area (Å²) in [6, 6.07) is 2.84. The van der Waals surface area contributed by atoms with E-state index >= 15 is 0 Å². The fourth-order valence-corrected chi connectivity index (χ4v) is 5.41. The minimum absolute atomic E-state index is 0.0960. The van der Waals surface area contributed by atoms with Crippen LogP contribution in [0.3, 0.4) is 0 Å². The number of pyridine rings is 1. The van der Waals surface area contributed by atoms with Crippen LogP contribution in [-0.4, -0.2) is 60.5 Å². The van der Waals surface area contributed by atoms with Gasteiger partial charge in [0.2, 0.25) is 10.0 Å². The summed E-state index contributed by atoms with van der Waals surface area (Å²) in [5, 5.41) is 0. The van der Waals surface area contributed by atoms with E-state index in [4.69, 9.17) is 4.74 Å². The number of alkyl halides is 1. The van der Waals surface area contributed by atoms with E-state index < -0.39 is 21.3 Å². The van der Waals surface area contributed by atoms with E-state index in [9.17, 15) is 17.6 Å². The Morgan fingerprint density at radius 2 is 1.71 bits per heavy atom. The standard InChI is InChI=1S/C19H28FN3O4S/c1-13-14(7-8-15(21-13)18(5,6)20)28(25,26)23-11-19(12-23)9-22(10-19)16(24)27-17(2,3)4/h7-8H,9-12H2,1-6H3. The van der Waals surface area contributed by atoms with Crippen LogP contribution < -0.4 is 0 Å². The van der Waals surface area contributed by atoms with E-state index in [1.807, 2.05) is 20.8 Å². The second-order valence-corrected chi connectivity index (χ2v) is 11.3. The first-order valence-electron chi connectivity index (χ1n) is 9.28. The molecule has 3 heterocycles. The lowest BCUT2D eigenvalue weighted by Gasteiger charge is -2.58. The number of hydrogen-bond donors (Lipinski definition) is 0. The summed E-state index contributed by atoms with van der Waals surface area (Å²) in [5.74, 6) is 0. The van der Waals surface area contributed by atoms with Crippen molar-refractivity contribution in [3.8, 4) is 0 Å². The molecule has 1 amide bonds. The molecule has 0 N–H and O–H groups in total. The molecule has 0 aromatic carbocycles. The third-order valence-corrected chi connectivity index (χ3v) is 6.92. The number of aryl methyl sites for hydroxylation is 1. The van der Waals surface area contributed by atoms with Gasteiger partial charge in [0.05, 0.1) is 11.4 Å². The average molecular weight is 414 g/mol. The van der Waals surface area contributed by atoms with Crippen molar-refractivity contribution in [3.05, 3.63) is 23.5 Å². The largest absolute Gasteiger partial charge is 0.444 e. The van der Waals surface area contributed by atoms with E-state index in [0.29, 0.717) is 26.2 Å². The van der Waals surface area contributed by atoms with Gasteiger partial charge in [-0.05, 0) is 53.7 Å². The number of likely N-dealkylation sites (tertiary alicyclic amines) is 1. The van der Waals surface area contributed by atoms with Crippen LogP contribution in [0.15, 0.2) is 17.0 Å². The van der Waals surface area contributed by atoms with Gasteiger partial charge in [-0.25, -0.2) is 17.6 Å². The van der Waals surface area contributed by atoms with E-state index in [-0.39, 0.29) is 27.8 Å². The number of carbonyl (C=O) groups is 1. The second-order valence-electron chi connectivity index (χ2n) is 9.36. The minimum atomic E-state index is -3.70. The number of carbonyl (C=O) groups excluding carboxylic acids is 1. The van der Waals surface area contributed by atoms with Crippen LogP contribution in [-0.2, 0) is 20.4 Å². The molecule has 2 aliphatic heterocycles. The van der Waals surface area contributed by atoms with E-state index in [2.05, 4.69) is 4.98 Å². The highest BCUT2D eigenvalue weighted by Gasteiger charge is 2.57. The summed E-state index contributed by atoms with van der Waals surface area (Å²) in [4.78, 5) is 17.9. The van der Waals surface area contributed by atoms with Gasteiger partial charge in [0.15, 0.2) is 0 Å². The molecule has 0 unspecified atom stereocenters. The first-order chi connectivity index (χ1) is 12.6. The highest BCUT2D eigenvalue weighted by atomic mass is 32.2. The van der Waals surface area contributed by atoms with Crippen molar-refractivity contribution < 1.29 is 22.3 Å². The van der Waals surface area contributed by atoms with Gasteiger partial charge in [0, 0.05) is 31.6 Å². The molecule has 156 valence electrons. The lowest BCUT2D eigenvalue weighted by Crippen LogP contribution is -2.73. The van der Waals surface area contributed by atoms with Crippen LogP contribution in [0.2, 0.25) is 0 Å². The Hall–Kier alpha value is -1.74. The molecule has 2 saturated heterocycles. The summed E-state index contributed by atoms with van der Waals surface area (Å²) in [6.45, 7) is 11.4. The lowest BCUT2D eigenvalue weighted by molar-refractivity contribution is -0.0839. The summed E-state index contributed by atoms with van der Waals surface area (Å²) in [5.41, 5.74) is -1.90. The number of sulfonamides is 1. The Bertz CT molecular complexity index is 889. The number of amides is 1. The molecule has 28 heavy (non-hydrogen) atoms. The van der Waals surface area contributed by atoms with Crippen molar-refractivity contribution in [2.45, 2.75) is 57.7 Å².